The third-order valence-corrected chi connectivity index (χ3v) is 3.67. The summed E-state index contributed by atoms with van der Waals surface area (Å²) < 4.78 is 0. The molecule has 5 heteroatoms. The number of nitrogens with zero attached hydrogens (tertiary/aromatic N) is 1. The maximum absolute atomic E-state index is 12.0. The van der Waals surface area contributed by atoms with Gasteiger partial charge in [-0.1, -0.05) is 19.3 Å². The number of aliphatic hydroxyl groups is 1. The van der Waals surface area contributed by atoms with Gasteiger partial charge in [-0.3, -0.25) is 4.79 Å². The van der Waals surface area contributed by atoms with E-state index in [-0.39, 0.29) is 23.8 Å². The van der Waals surface area contributed by atoms with Crippen LogP contribution in [0.1, 0.15) is 44.1 Å². The lowest BCUT2D eigenvalue weighted by Crippen LogP contribution is -2.35. The van der Waals surface area contributed by atoms with Crippen LogP contribution in [-0.4, -0.2) is 21.7 Å². The number of nitrogens with one attached hydrogen (secondary N) is 1. The fourth-order valence-electron chi connectivity index (χ4n) is 2.59. The highest BCUT2D eigenvalue weighted by Gasteiger charge is 2.31. The first-order valence-electron chi connectivity index (χ1n) is 6.78. The fourth-order valence-corrected chi connectivity index (χ4v) is 2.59. The summed E-state index contributed by atoms with van der Waals surface area (Å²) in [4.78, 5) is 12.0. The summed E-state index contributed by atoms with van der Waals surface area (Å²) in [6.07, 6.45) is 4.23. The Hall–Kier alpha value is -2.06. The number of hydrogen-bond acceptors (Lipinski definition) is 4. The fraction of sp³-hybridized carbons (Fsp3) is 0.467. The van der Waals surface area contributed by atoms with E-state index in [1.54, 1.807) is 0 Å². The average molecular weight is 274 g/mol. The monoisotopic (exact) mass is 274 g/mol. The van der Waals surface area contributed by atoms with Gasteiger partial charge in [0.15, 0.2) is 0 Å². The van der Waals surface area contributed by atoms with Gasteiger partial charge in [-0.15, -0.1) is 0 Å². The lowest BCUT2D eigenvalue weighted by atomic mass is 9.82. The Morgan fingerprint density at radius 1 is 1.35 bits per heavy atom. The molecule has 1 aliphatic rings. The Balaban J connectivity index is 2.03. The summed E-state index contributed by atoms with van der Waals surface area (Å²) >= 11 is 0. The van der Waals surface area contributed by atoms with Crippen molar-refractivity contribution in [3.8, 4) is 11.8 Å². The standard InChI is InChI=1S/C15H18N2O3/c16-10-11-4-5-13(18)12(8-11)17-14(19)9-15(20)6-2-1-3-7-15/h4-5,8,18,20H,1-3,6-7,9H2,(H,17,19). The van der Waals surface area contributed by atoms with Crippen LogP contribution < -0.4 is 5.32 Å². The van der Waals surface area contributed by atoms with Gasteiger partial charge >= 0.3 is 0 Å². The first-order chi connectivity index (χ1) is 9.52. The zero-order valence-electron chi connectivity index (χ0n) is 11.2. The largest absolute Gasteiger partial charge is 0.506 e. The second-order valence-electron chi connectivity index (χ2n) is 5.35. The summed E-state index contributed by atoms with van der Waals surface area (Å²) in [5.41, 5.74) is -0.381. The third kappa shape index (κ3) is 3.49. The molecule has 1 fully saturated rings. The molecule has 5 nitrogen and oxygen atoms in total. The predicted octanol–water partition coefficient (Wildman–Crippen LogP) is 2.29. The van der Waals surface area contributed by atoms with Crippen molar-refractivity contribution in [2.75, 3.05) is 5.32 Å². The Morgan fingerprint density at radius 3 is 2.70 bits per heavy atom. The molecule has 3 N–H and O–H groups in total. The lowest BCUT2D eigenvalue weighted by Gasteiger charge is -2.31. The summed E-state index contributed by atoms with van der Waals surface area (Å²) in [5.74, 6) is -0.437. The Morgan fingerprint density at radius 2 is 2.05 bits per heavy atom. The number of carbonyl (C=O) groups is 1. The van der Waals surface area contributed by atoms with Crippen molar-refractivity contribution < 1.29 is 15.0 Å². The summed E-state index contributed by atoms with van der Waals surface area (Å²) in [7, 11) is 0. The van der Waals surface area contributed by atoms with Gasteiger partial charge in [-0.25, -0.2) is 0 Å². The normalized spacial score (nSPS) is 17.2. The second kappa shape index (κ2) is 5.93. The van der Waals surface area contributed by atoms with Gasteiger partial charge in [-0.2, -0.15) is 5.26 Å². The molecule has 20 heavy (non-hydrogen) atoms. The maximum Gasteiger partial charge on any atom is 0.227 e. The van der Waals surface area contributed by atoms with Crippen LogP contribution in [0, 0.1) is 11.3 Å². The number of nitriles is 1. The number of rotatable bonds is 3. The maximum atomic E-state index is 12.0. The van der Waals surface area contributed by atoms with E-state index in [9.17, 15) is 15.0 Å². The molecule has 1 aromatic carbocycles. The number of phenolic OH excluding ortho intramolecular Hbond substituents is 1. The van der Waals surface area contributed by atoms with Gasteiger partial charge in [0, 0.05) is 0 Å². The zero-order valence-corrected chi connectivity index (χ0v) is 11.2. The van der Waals surface area contributed by atoms with Crippen molar-refractivity contribution in [2.24, 2.45) is 0 Å². The topological polar surface area (TPSA) is 93.4 Å². The van der Waals surface area contributed by atoms with Crippen molar-refractivity contribution in [1.29, 1.82) is 5.26 Å². The Bertz CT molecular complexity index is 543. The molecule has 1 aliphatic carbocycles. The zero-order chi connectivity index (χ0) is 14.6. The summed E-state index contributed by atoms with van der Waals surface area (Å²) in [6.45, 7) is 0. The van der Waals surface area contributed by atoms with Crippen molar-refractivity contribution in [1.82, 2.24) is 0 Å². The molecule has 0 aromatic heterocycles. The van der Waals surface area contributed by atoms with E-state index >= 15 is 0 Å². The van der Waals surface area contributed by atoms with Gasteiger partial charge in [0.1, 0.15) is 5.75 Å². The van der Waals surface area contributed by atoms with Gasteiger partial charge in [0.25, 0.3) is 0 Å². The van der Waals surface area contributed by atoms with Gasteiger partial charge < -0.3 is 15.5 Å². The first-order valence-corrected chi connectivity index (χ1v) is 6.78. The highest BCUT2D eigenvalue weighted by atomic mass is 16.3. The van der Waals surface area contributed by atoms with Crippen molar-refractivity contribution in [3.05, 3.63) is 23.8 Å². The summed E-state index contributed by atoms with van der Waals surface area (Å²) in [6, 6.07) is 6.20. The van der Waals surface area contributed by atoms with Crippen LogP contribution in [0.25, 0.3) is 0 Å². The first kappa shape index (κ1) is 14.4. The smallest absolute Gasteiger partial charge is 0.227 e. The predicted molar refractivity (Wildman–Crippen MR) is 74.1 cm³/mol. The van der Waals surface area contributed by atoms with Gasteiger partial charge in [0.05, 0.1) is 29.3 Å². The highest BCUT2D eigenvalue weighted by molar-refractivity contribution is 5.93. The van der Waals surface area contributed by atoms with Gasteiger partial charge in [0.2, 0.25) is 5.91 Å². The number of anilines is 1. The minimum atomic E-state index is -0.940. The number of benzene rings is 1. The van der Waals surface area contributed by atoms with Crippen LogP contribution in [-0.2, 0) is 4.79 Å². The molecule has 1 aromatic rings. The van der Waals surface area contributed by atoms with E-state index in [1.807, 2.05) is 6.07 Å². The molecule has 0 spiro atoms. The quantitative estimate of drug-likeness (QED) is 0.737. The summed E-state index contributed by atoms with van der Waals surface area (Å²) in [5, 5.41) is 31.3. The third-order valence-electron chi connectivity index (χ3n) is 3.67. The minimum Gasteiger partial charge on any atom is -0.506 e. The SMILES string of the molecule is N#Cc1ccc(O)c(NC(=O)CC2(O)CCCCC2)c1. The molecule has 0 radical (unpaired) electrons. The number of aromatic hydroxyl groups is 1. The van der Waals surface area contributed by atoms with Crippen LogP contribution in [0.3, 0.4) is 0 Å². The van der Waals surface area contributed by atoms with E-state index < -0.39 is 5.60 Å². The van der Waals surface area contributed by atoms with E-state index in [0.29, 0.717) is 18.4 Å². The Labute approximate surface area is 117 Å². The molecule has 0 heterocycles. The van der Waals surface area contributed by atoms with E-state index in [4.69, 9.17) is 5.26 Å². The van der Waals surface area contributed by atoms with Crippen molar-refractivity contribution in [3.63, 3.8) is 0 Å². The molecular weight excluding hydrogens is 256 g/mol. The van der Waals surface area contributed by atoms with Gasteiger partial charge in [-0.05, 0) is 31.0 Å². The molecule has 1 amide bonds. The molecule has 1 saturated carbocycles. The second-order valence-corrected chi connectivity index (χ2v) is 5.35. The molecule has 2 rings (SSSR count). The molecular formula is C15H18N2O3. The minimum absolute atomic E-state index is 0.0171. The molecule has 106 valence electrons. The lowest BCUT2D eigenvalue weighted by molar-refractivity contribution is -0.122. The number of carbonyl (C=O) groups excluding carboxylic acids is 1. The number of amides is 1. The molecule has 0 unspecified atom stereocenters. The van der Waals surface area contributed by atoms with Crippen LogP contribution in [0.2, 0.25) is 0 Å². The van der Waals surface area contributed by atoms with Crippen LogP contribution in [0.5, 0.6) is 5.75 Å². The molecule has 0 aliphatic heterocycles. The van der Waals surface area contributed by atoms with E-state index in [0.717, 1.165) is 19.3 Å². The molecule has 0 saturated heterocycles. The Kier molecular flexibility index (Phi) is 4.26. The number of phenols is 1. The van der Waals surface area contributed by atoms with Crippen molar-refractivity contribution in [2.45, 2.75) is 44.1 Å². The highest BCUT2D eigenvalue weighted by Crippen LogP contribution is 2.32. The average Bonchev–Trinajstić information content (AvgIpc) is 2.41. The van der Waals surface area contributed by atoms with Crippen LogP contribution in [0.15, 0.2) is 18.2 Å². The van der Waals surface area contributed by atoms with Crippen LogP contribution >= 0.6 is 0 Å². The van der Waals surface area contributed by atoms with Crippen molar-refractivity contribution >= 4 is 11.6 Å². The van der Waals surface area contributed by atoms with Crippen LogP contribution in [0.4, 0.5) is 5.69 Å². The molecule has 0 bridgehead atoms. The van der Waals surface area contributed by atoms with E-state index in [2.05, 4.69) is 5.32 Å². The molecule has 0 atom stereocenters. The number of hydrogen-bond donors (Lipinski definition) is 3. The van der Waals surface area contributed by atoms with E-state index in [1.165, 1.54) is 18.2 Å².